The molecule has 0 heterocycles. The Kier molecular flexibility index (Phi) is 5.01. The number of anilines is 1. The zero-order chi connectivity index (χ0) is 13.6. The minimum Gasteiger partial charge on any atom is -0.444 e. The molecular formula is C14H22N2O2. The number of aryl methyl sites for hydroxylation is 1. The van der Waals surface area contributed by atoms with Crippen molar-refractivity contribution in [3.8, 4) is 0 Å². The molecule has 0 fully saturated rings. The Morgan fingerprint density at radius 2 is 2.00 bits per heavy atom. The van der Waals surface area contributed by atoms with E-state index in [0.29, 0.717) is 6.54 Å². The van der Waals surface area contributed by atoms with Crippen molar-refractivity contribution in [2.75, 3.05) is 12.3 Å². The van der Waals surface area contributed by atoms with Crippen LogP contribution in [-0.2, 0) is 11.2 Å². The highest BCUT2D eigenvalue weighted by molar-refractivity contribution is 5.67. The summed E-state index contributed by atoms with van der Waals surface area (Å²) in [6.45, 7) is 6.12. The van der Waals surface area contributed by atoms with Crippen LogP contribution in [0.15, 0.2) is 24.3 Å². The van der Waals surface area contributed by atoms with Crippen LogP contribution < -0.4 is 11.1 Å². The highest BCUT2D eigenvalue weighted by atomic mass is 16.6. The molecule has 1 amide bonds. The second kappa shape index (κ2) is 6.28. The van der Waals surface area contributed by atoms with Gasteiger partial charge in [0.1, 0.15) is 5.60 Å². The van der Waals surface area contributed by atoms with Crippen LogP contribution in [0.25, 0.3) is 0 Å². The Hall–Kier alpha value is -1.71. The van der Waals surface area contributed by atoms with Gasteiger partial charge in [-0.05, 0) is 45.2 Å². The maximum Gasteiger partial charge on any atom is 0.407 e. The predicted octanol–water partition coefficient (Wildman–Crippen LogP) is 2.73. The number of nitrogen functional groups attached to an aromatic ring is 1. The maximum absolute atomic E-state index is 11.4. The highest BCUT2D eigenvalue weighted by Gasteiger charge is 2.15. The number of hydrogen-bond donors (Lipinski definition) is 2. The van der Waals surface area contributed by atoms with Gasteiger partial charge < -0.3 is 15.8 Å². The molecule has 100 valence electrons. The van der Waals surface area contributed by atoms with Crippen molar-refractivity contribution in [3.05, 3.63) is 29.8 Å². The van der Waals surface area contributed by atoms with E-state index in [1.54, 1.807) is 0 Å². The molecule has 0 saturated carbocycles. The topological polar surface area (TPSA) is 64.3 Å². The monoisotopic (exact) mass is 250 g/mol. The fourth-order valence-corrected chi connectivity index (χ4v) is 1.55. The van der Waals surface area contributed by atoms with Crippen LogP contribution in [0.2, 0.25) is 0 Å². The van der Waals surface area contributed by atoms with Crippen LogP contribution in [0, 0.1) is 0 Å². The number of nitrogens with two attached hydrogens (primary N) is 1. The summed E-state index contributed by atoms with van der Waals surface area (Å²) >= 11 is 0. The lowest BCUT2D eigenvalue weighted by Gasteiger charge is -2.19. The average molecular weight is 250 g/mol. The van der Waals surface area contributed by atoms with Crippen molar-refractivity contribution in [2.24, 2.45) is 0 Å². The van der Waals surface area contributed by atoms with Gasteiger partial charge in [-0.3, -0.25) is 0 Å². The van der Waals surface area contributed by atoms with E-state index in [-0.39, 0.29) is 6.09 Å². The van der Waals surface area contributed by atoms with Gasteiger partial charge in [-0.1, -0.05) is 18.2 Å². The SMILES string of the molecule is CC(C)(C)OC(=O)NCCCc1ccccc1N. The summed E-state index contributed by atoms with van der Waals surface area (Å²) in [5, 5.41) is 2.73. The third-order valence-corrected chi connectivity index (χ3v) is 2.35. The molecule has 1 aromatic carbocycles. The van der Waals surface area contributed by atoms with Crippen molar-refractivity contribution in [1.29, 1.82) is 0 Å². The van der Waals surface area contributed by atoms with Crippen molar-refractivity contribution < 1.29 is 9.53 Å². The summed E-state index contributed by atoms with van der Waals surface area (Å²) in [4.78, 5) is 11.4. The lowest BCUT2D eigenvalue weighted by molar-refractivity contribution is 0.0527. The Labute approximate surface area is 109 Å². The Bertz CT molecular complexity index is 397. The standard InChI is InChI=1S/C14H22N2O2/c1-14(2,3)18-13(17)16-10-6-8-11-7-4-5-9-12(11)15/h4-5,7,9H,6,8,10,15H2,1-3H3,(H,16,17). The normalized spacial score (nSPS) is 11.1. The van der Waals surface area contributed by atoms with E-state index in [9.17, 15) is 4.79 Å². The largest absolute Gasteiger partial charge is 0.444 e. The minimum absolute atomic E-state index is 0.372. The quantitative estimate of drug-likeness (QED) is 0.638. The molecule has 18 heavy (non-hydrogen) atoms. The zero-order valence-electron chi connectivity index (χ0n) is 11.3. The fourth-order valence-electron chi connectivity index (χ4n) is 1.55. The molecule has 4 heteroatoms. The van der Waals surface area contributed by atoms with Gasteiger partial charge >= 0.3 is 6.09 Å². The lowest BCUT2D eigenvalue weighted by atomic mass is 10.1. The lowest BCUT2D eigenvalue weighted by Crippen LogP contribution is -2.33. The number of carbonyl (C=O) groups excluding carboxylic acids is 1. The van der Waals surface area contributed by atoms with E-state index >= 15 is 0 Å². The van der Waals surface area contributed by atoms with E-state index in [4.69, 9.17) is 10.5 Å². The van der Waals surface area contributed by atoms with Gasteiger partial charge in [0.2, 0.25) is 0 Å². The summed E-state index contributed by atoms with van der Waals surface area (Å²) in [7, 11) is 0. The smallest absolute Gasteiger partial charge is 0.407 e. The number of para-hydroxylation sites is 1. The first-order valence-electron chi connectivity index (χ1n) is 6.19. The van der Waals surface area contributed by atoms with E-state index in [2.05, 4.69) is 5.32 Å². The second-order valence-corrected chi connectivity index (χ2v) is 5.23. The first kappa shape index (κ1) is 14.4. The number of hydrogen-bond acceptors (Lipinski definition) is 3. The number of benzene rings is 1. The number of carbonyl (C=O) groups is 1. The Balaban J connectivity index is 2.23. The molecule has 0 radical (unpaired) electrons. The highest BCUT2D eigenvalue weighted by Crippen LogP contribution is 2.12. The van der Waals surface area contributed by atoms with E-state index in [1.807, 2.05) is 45.0 Å². The van der Waals surface area contributed by atoms with Crippen molar-refractivity contribution >= 4 is 11.8 Å². The predicted molar refractivity (Wildman–Crippen MR) is 73.4 cm³/mol. The maximum atomic E-state index is 11.4. The number of rotatable bonds is 4. The molecule has 0 aliphatic heterocycles. The molecular weight excluding hydrogens is 228 g/mol. The van der Waals surface area contributed by atoms with Gasteiger partial charge in [0.15, 0.2) is 0 Å². The zero-order valence-corrected chi connectivity index (χ0v) is 11.3. The van der Waals surface area contributed by atoms with Crippen LogP contribution in [-0.4, -0.2) is 18.2 Å². The minimum atomic E-state index is -0.450. The van der Waals surface area contributed by atoms with Crippen LogP contribution in [0.3, 0.4) is 0 Å². The van der Waals surface area contributed by atoms with E-state index in [0.717, 1.165) is 24.1 Å². The van der Waals surface area contributed by atoms with Gasteiger partial charge in [-0.25, -0.2) is 4.79 Å². The molecule has 4 nitrogen and oxygen atoms in total. The first-order valence-corrected chi connectivity index (χ1v) is 6.19. The molecule has 0 aromatic heterocycles. The fraction of sp³-hybridized carbons (Fsp3) is 0.500. The van der Waals surface area contributed by atoms with Gasteiger partial charge in [-0.2, -0.15) is 0 Å². The summed E-state index contributed by atoms with van der Waals surface area (Å²) in [6.07, 6.45) is 1.32. The molecule has 0 aliphatic rings. The molecule has 1 aromatic rings. The van der Waals surface area contributed by atoms with E-state index in [1.165, 1.54) is 0 Å². The summed E-state index contributed by atoms with van der Waals surface area (Å²) in [5.74, 6) is 0. The molecule has 0 aliphatic carbocycles. The van der Waals surface area contributed by atoms with Gasteiger partial charge in [0.25, 0.3) is 0 Å². The number of alkyl carbamates (subject to hydrolysis) is 1. The molecule has 0 spiro atoms. The number of amides is 1. The van der Waals surface area contributed by atoms with Crippen LogP contribution >= 0.6 is 0 Å². The summed E-state index contributed by atoms with van der Waals surface area (Å²) in [5.41, 5.74) is 7.30. The van der Waals surface area contributed by atoms with Crippen LogP contribution in [0.4, 0.5) is 10.5 Å². The Morgan fingerprint density at radius 1 is 1.33 bits per heavy atom. The first-order chi connectivity index (χ1) is 8.38. The summed E-state index contributed by atoms with van der Waals surface area (Å²) < 4.78 is 5.14. The molecule has 1 rings (SSSR count). The van der Waals surface area contributed by atoms with Crippen LogP contribution in [0.1, 0.15) is 32.8 Å². The van der Waals surface area contributed by atoms with Crippen molar-refractivity contribution in [2.45, 2.75) is 39.2 Å². The van der Waals surface area contributed by atoms with E-state index < -0.39 is 5.60 Å². The third-order valence-electron chi connectivity index (χ3n) is 2.35. The van der Waals surface area contributed by atoms with Crippen molar-refractivity contribution in [3.63, 3.8) is 0 Å². The van der Waals surface area contributed by atoms with Gasteiger partial charge in [0, 0.05) is 12.2 Å². The van der Waals surface area contributed by atoms with Crippen molar-refractivity contribution in [1.82, 2.24) is 5.32 Å². The molecule has 0 saturated heterocycles. The summed E-state index contributed by atoms with van der Waals surface area (Å²) in [6, 6.07) is 7.77. The second-order valence-electron chi connectivity index (χ2n) is 5.23. The number of ether oxygens (including phenoxy) is 1. The Morgan fingerprint density at radius 3 is 2.61 bits per heavy atom. The number of nitrogens with one attached hydrogen (secondary N) is 1. The molecule has 0 bridgehead atoms. The molecule has 0 atom stereocenters. The molecule has 3 N–H and O–H groups in total. The average Bonchev–Trinajstić information content (AvgIpc) is 2.24. The van der Waals surface area contributed by atoms with Crippen LogP contribution in [0.5, 0.6) is 0 Å². The third kappa shape index (κ3) is 5.57. The van der Waals surface area contributed by atoms with Gasteiger partial charge in [-0.15, -0.1) is 0 Å². The van der Waals surface area contributed by atoms with Gasteiger partial charge in [0.05, 0.1) is 0 Å². The molecule has 0 unspecified atom stereocenters.